The highest BCUT2D eigenvalue weighted by Crippen LogP contribution is 2.03. The topological polar surface area (TPSA) is 112 Å². The molecule has 0 aliphatic rings. The number of H-pyrrole nitrogens is 1. The molecule has 0 saturated heterocycles. The third-order valence-corrected chi connectivity index (χ3v) is 2.98. The standard InChI is InChI=1S/C14H19N3O4/c1-4-5-11(14(20)21)17-12(18)7-6-10-8(2)15-9(3)16-13(10)19/h4,11H,1,5-7H2,2-3H3,(H,17,18)(H,20,21)(H,15,16,19). The van der Waals surface area contributed by atoms with Gasteiger partial charge in [-0.1, -0.05) is 6.08 Å². The summed E-state index contributed by atoms with van der Waals surface area (Å²) in [6.45, 7) is 6.83. The average Bonchev–Trinajstić information content (AvgIpc) is 2.36. The van der Waals surface area contributed by atoms with Gasteiger partial charge < -0.3 is 15.4 Å². The number of nitrogens with zero attached hydrogens (tertiary/aromatic N) is 1. The van der Waals surface area contributed by atoms with E-state index in [1.807, 2.05) is 0 Å². The normalized spacial score (nSPS) is 11.7. The van der Waals surface area contributed by atoms with Crippen LogP contribution in [-0.2, 0) is 16.0 Å². The molecule has 0 bridgehead atoms. The minimum absolute atomic E-state index is 0.0234. The molecule has 0 spiro atoms. The van der Waals surface area contributed by atoms with Crippen molar-refractivity contribution < 1.29 is 14.7 Å². The van der Waals surface area contributed by atoms with Crippen LogP contribution in [0.1, 0.15) is 29.9 Å². The predicted molar refractivity (Wildman–Crippen MR) is 77.0 cm³/mol. The number of carboxylic acids is 1. The van der Waals surface area contributed by atoms with E-state index in [1.54, 1.807) is 13.8 Å². The molecular formula is C14H19N3O4. The van der Waals surface area contributed by atoms with Gasteiger partial charge in [0.25, 0.3) is 5.56 Å². The lowest BCUT2D eigenvalue weighted by atomic mass is 10.1. The maximum absolute atomic E-state index is 11.8. The highest BCUT2D eigenvalue weighted by molar-refractivity contribution is 5.83. The van der Waals surface area contributed by atoms with Crippen LogP contribution >= 0.6 is 0 Å². The second-order valence-electron chi connectivity index (χ2n) is 4.70. The number of aliphatic carboxylic acids is 1. The van der Waals surface area contributed by atoms with Crippen molar-refractivity contribution in [2.75, 3.05) is 0 Å². The Bertz CT molecular complexity index is 607. The molecule has 114 valence electrons. The summed E-state index contributed by atoms with van der Waals surface area (Å²) in [4.78, 5) is 41.2. The number of carbonyl (C=O) groups excluding carboxylic acids is 1. The van der Waals surface area contributed by atoms with Gasteiger partial charge in [0.15, 0.2) is 0 Å². The summed E-state index contributed by atoms with van der Waals surface area (Å²) >= 11 is 0. The lowest BCUT2D eigenvalue weighted by molar-refractivity contribution is -0.141. The van der Waals surface area contributed by atoms with Gasteiger partial charge in [-0.05, 0) is 26.7 Å². The van der Waals surface area contributed by atoms with Crippen molar-refractivity contribution in [2.45, 2.75) is 39.2 Å². The largest absolute Gasteiger partial charge is 0.480 e. The van der Waals surface area contributed by atoms with Crippen molar-refractivity contribution in [1.29, 1.82) is 0 Å². The van der Waals surface area contributed by atoms with Gasteiger partial charge in [-0.25, -0.2) is 9.78 Å². The first-order valence-corrected chi connectivity index (χ1v) is 6.54. The Kier molecular flexibility index (Phi) is 5.83. The Labute approximate surface area is 122 Å². The quantitative estimate of drug-likeness (QED) is 0.632. The summed E-state index contributed by atoms with van der Waals surface area (Å²) in [5, 5.41) is 11.3. The highest BCUT2D eigenvalue weighted by Gasteiger charge is 2.18. The minimum Gasteiger partial charge on any atom is -0.480 e. The Hall–Kier alpha value is -2.44. The summed E-state index contributed by atoms with van der Waals surface area (Å²) in [5.41, 5.74) is 0.741. The zero-order valence-electron chi connectivity index (χ0n) is 12.1. The number of carboxylic acid groups (broad SMARTS) is 1. The van der Waals surface area contributed by atoms with E-state index in [-0.39, 0.29) is 24.8 Å². The molecule has 1 aromatic heterocycles. The van der Waals surface area contributed by atoms with Crippen molar-refractivity contribution in [3.8, 4) is 0 Å². The molecule has 21 heavy (non-hydrogen) atoms. The van der Waals surface area contributed by atoms with Gasteiger partial charge in [-0.2, -0.15) is 0 Å². The number of amides is 1. The number of hydrogen-bond donors (Lipinski definition) is 3. The molecule has 1 heterocycles. The van der Waals surface area contributed by atoms with Crippen LogP contribution in [0.4, 0.5) is 0 Å². The van der Waals surface area contributed by atoms with Gasteiger partial charge in [0.2, 0.25) is 5.91 Å². The molecule has 0 saturated carbocycles. The fourth-order valence-electron chi connectivity index (χ4n) is 1.94. The summed E-state index contributed by atoms with van der Waals surface area (Å²) in [6, 6.07) is -0.995. The molecule has 7 heteroatoms. The van der Waals surface area contributed by atoms with Gasteiger partial charge in [-0.15, -0.1) is 6.58 Å². The number of rotatable bonds is 7. The first-order chi connectivity index (χ1) is 9.85. The molecule has 0 aromatic carbocycles. The summed E-state index contributed by atoms with van der Waals surface area (Å²) < 4.78 is 0. The number of nitrogens with one attached hydrogen (secondary N) is 2. The lowest BCUT2D eigenvalue weighted by Crippen LogP contribution is -2.40. The second-order valence-corrected chi connectivity index (χ2v) is 4.70. The Morgan fingerprint density at radius 2 is 2.14 bits per heavy atom. The zero-order valence-corrected chi connectivity index (χ0v) is 12.1. The van der Waals surface area contributed by atoms with Crippen LogP contribution in [0.3, 0.4) is 0 Å². The fourth-order valence-corrected chi connectivity index (χ4v) is 1.94. The minimum atomic E-state index is -1.12. The van der Waals surface area contributed by atoms with E-state index in [9.17, 15) is 14.4 Å². The Morgan fingerprint density at radius 1 is 1.48 bits per heavy atom. The number of aromatic amines is 1. The first-order valence-electron chi connectivity index (χ1n) is 6.54. The van der Waals surface area contributed by atoms with E-state index in [2.05, 4.69) is 21.9 Å². The lowest BCUT2D eigenvalue weighted by Gasteiger charge is -2.12. The molecule has 0 radical (unpaired) electrons. The van der Waals surface area contributed by atoms with Gasteiger partial charge in [0.1, 0.15) is 11.9 Å². The summed E-state index contributed by atoms with van der Waals surface area (Å²) in [7, 11) is 0. The van der Waals surface area contributed by atoms with Crippen LogP contribution in [-0.4, -0.2) is 33.0 Å². The van der Waals surface area contributed by atoms with E-state index in [0.29, 0.717) is 17.1 Å². The van der Waals surface area contributed by atoms with Crippen molar-refractivity contribution in [3.63, 3.8) is 0 Å². The van der Waals surface area contributed by atoms with E-state index < -0.39 is 17.9 Å². The third kappa shape index (κ3) is 4.87. The van der Waals surface area contributed by atoms with Crippen molar-refractivity contribution in [2.24, 2.45) is 0 Å². The number of carbonyl (C=O) groups is 2. The van der Waals surface area contributed by atoms with Crippen LogP contribution in [0.15, 0.2) is 17.4 Å². The van der Waals surface area contributed by atoms with Crippen LogP contribution in [0, 0.1) is 13.8 Å². The van der Waals surface area contributed by atoms with E-state index in [1.165, 1.54) is 6.08 Å². The van der Waals surface area contributed by atoms with E-state index >= 15 is 0 Å². The van der Waals surface area contributed by atoms with Gasteiger partial charge >= 0.3 is 5.97 Å². The summed E-state index contributed by atoms with van der Waals surface area (Å²) in [6.07, 6.45) is 1.81. The Balaban J connectivity index is 2.67. The molecule has 0 aliphatic carbocycles. The van der Waals surface area contributed by atoms with Crippen molar-refractivity contribution >= 4 is 11.9 Å². The fraction of sp³-hybridized carbons (Fsp3) is 0.429. The summed E-state index contributed by atoms with van der Waals surface area (Å²) in [5.74, 6) is -1.03. The van der Waals surface area contributed by atoms with Crippen LogP contribution in [0.5, 0.6) is 0 Å². The molecule has 1 unspecified atom stereocenters. The van der Waals surface area contributed by atoms with Crippen LogP contribution < -0.4 is 10.9 Å². The molecule has 1 aromatic rings. The molecule has 1 atom stereocenters. The van der Waals surface area contributed by atoms with Crippen molar-refractivity contribution in [1.82, 2.24) is 15.3 Å². The number of aryl methyl sites for hydroxylation is 2. The number of aromatic nitrogens is 2. The van der Waals surface area contributed by atoms with E-state index in [4.69, 9.17) is 5.11 Å². The third-order valence-electron chi connectivity index (χ3n) is 2.98. The zero-order chi connectivity index (χ0) is 16.0. The highest BCUT2D eigenvalue weighted by atomic mass is 16.4. The molecule has 1 amide bonds. The van der Waals surface area contributed by atoms with Crippen molar-refractivity contribution in [3.05, 3.63) is 40.1 Å². The maximum atomic E-state index is 11.8. The SMILES string of the molecule is C=CCC(NC(=O)CCc1c(C)nc(C)[nH]c1=O)C(=O)O. The predicted octanol–water partition coefficient (Wildman–Crippen LogP) is 0.465. The first kappa shape index (κ1) is 16.6. The molecule has 7 nitrogen and oxygen atoms in total. The second kappa shape index (κ2) is 7.37. The molecule has 0 aliphatic heterocycles. The van der Waals surface area contributed by atoms with Gasteiger partial charge in [0, 0.05) is 17.7 Å². The number of hydrogen-bond acceptors (Lipinski definition) is 4. The smallest absolute Gasteiger partial charge is 0.326 e. The molecule has 3 N–H and O–H groups in total. The van der Waals surface area contributed by atoms with Gasteiger partial charge in [-0.3, -0.25) is 9.59 Å². The monoisotopic (exact) mass is 293 g/mol. The van der Waals surface area contributed by atoms with Crippen LogP contribution in [0.2, 0.25) is 0 Å². The van der Waals surface area contributed by atoms with Gasteiger partial charge in [0.05, 0.1) is 0 Å². The molecule has 1 rings (SSSR count). The average molecular weight is 293 g/mol. The van der Waals surface area contributed by atoms with E-state index in [0.717, 1.165) is 0 Å². The maximum Gasteiger partial charge on any atom is 0.326 e. The van der Waals surface area contributed by atoms with Crippen LogP contribution in [0.25, 0.3) is 0 Å². The molecular weight excluding hydrogens is 274 g/mol. The Morgan fingerprint density at radius 3 is 2.67 bits per heavy atom. The molecule has 0 fully saturated rings.